The number of unbranched alkanes of at least 4 members (excludes halogenated alkanes) is 1. The SMILES string of the molecule is CCOC(=O)C(C)(N)CCCCN(C)CCN1CCCC1. The van der Waals surface area contributed by atoms with Gasteiger partial charge in [0.1, 0.15) is 5.54 Å². The number of likely N-dealkylation sites (N-methyl/N-ethyl adjacent to an activating group) is 1. The van der Waals surface area contributed by atoms with Gasteiger partial charge >= 0.3 is 5.97 Å². The number of hydrogen-bond acceptors (Lipinski definition) is 5. The number of carbonyl (C=O) groups excluding carboxylic acids is 1. The van der Waals surface area contributed by atoms with Crippen LogP contribution in [0.15, 0.2) is 0 Å². The molecule has 21 heavy (non-hydrogen) atoms. The van der Waals surface area contributed by atoms with E-state index >= 15 is 0 Å². The summed E-state index contributed by atoms with van der Waals surface area (Å²) >= 11 is 0. The quantitative estimate of drug-likeness (QED) is 0.489. The zero-order valence-electron chi connectivity index (χ0n) is 14.1. The first-order valence-corrected chi connectivity index (χ1v) is 8.32. The number of hydrogen-bond donors (Lipinski definition) is 1. The van der Waals surface area contributed by atoms with Crippen LogP contribution >= 0.6 is 0 Å². The maximum Gasteiger partial charge on any atom is 0.325 e. The molecule has 0 bridgehead atoms. The second-order valence-corrected chi connectivity index (χ2v) is 6.45. The molecule has 5 nitrogen and oxygen atoms in total. The van der Waals surface area contributed by atoms with Crippen LogP contribution in [-0.2, 0) is 9.53 Å². The molecule has 0 aromatic rings. The average molecular weight is 299 g/mol. The Morgan fingerprint density at radius 3 is 2.57 bits per heavy atom. The van der Waals surface area contributed by atoms with E-state index in [-0.39, 0.29) is 5.97 Å². The average Bonchev–Trinajstić information content (AvgIpc) is 2.95. The first-order chi connectivity index (χ1) is 9.95. The fourth-order valence-corrected chi connectivity index (χ4v) is 2.70. The monoisotopic (exact) mass is 299 g/mol. The van der Waals surface area contributed by atoms with Crippen molar-refractivity contribution in [3.8, 4) is 0 Å². The van der Waals surface area contributed by atoms with E-state index in [2.05, 4.69) is 16.8 Å². The number of carbonyl (C=O) groups is 1. The molecule has 1 aliphatic heterocycles. The lowest BCUT2D eigenvalue weighted by atomic mass is 9.96. The van der Waals surface area contributed by atoms with Crippen LogP contribution < -0.4 is 5.73 Å². The Morgan fingerprint density at radius 2 is 1.95 bits per heavy atom. The summed E-state index contributed by atoms with van der Waals surface area (Å²) in [7, 11) is 2.17. The number of esters is 1. The molecule has 0 saturated carbocycles. The van der Waals surface area contributed by atoms with E-state index in [9.17, 15) is 4.79 Å². The van der Waals surface area contributed by atoms with E-state index in [1.54, 1.807) is 6.92 Å². The highest BCUT2D eigenvalue weighted by Crippen LogP contribution is 2.13. The molecule has 5 heteroatoms. The summed E-state index contributed by atoms with van der Waals surface area (Å²) in [5.41, 5.74) is 5.17. The highest BCUT2D eigenvalue weighted by atomic mass is 16.5. The van der Waals surface area contributed by atoms with Crippen molar-refractivity contribution < 1.29 is 9.53 Å². The highest BCUT2D eigenvalue weighted by Gasteiger charge is 2.29. The summed E-state index contributed by atoms with van der Waals surface area (Å²) in [6.45, 7) is 9.85. The minimum atomic E-state index is -0.843. The summed E-state index contributed by atoms with van der Waals surface area (Å²) in [5.74, 6) is -0.285. The van der Waals surface area contributed by atoms with Gasteiger partial charge in [-0.3, -0.25) is 4.79 Å². The standard InChI is InChI=1S/C16H33N3O2/c1-4-21-15(20)16(2,17)9-5-6-10-18(3)13-14-19-11-7-8-12-19/h4-14,17H2,1-3H3. The van der Waals surface area contributed by atoms with Crippen LogP contribution in [0.3, 0.4) is 0 Å². The van der Waals surface area contributed by atoms with Gasteiger partial charge in [-0.2, -0.15) is 0 Å². The van der Waals surface area contributed by atoms with Gasteiger partial charge in [-0.05, 0) is 72.6 Å². The van der Waals surface area contributed by atoms with Crippen molar-refractivity contribution in [1.29, 1.82) is 0 Å². The zero-order valence-corrected chi connectivity index (χ0v) is 14.1. The lowest BCUT2D eigenvalue weighted by Crippen LogP contribution is -2.46. The van der Waals surface area contributed by atoms with E-state index in [4.69, 9.17) is 10.5 Å². The smallest absolute Gasteiger partial charge is 0.325 e. The fourth-order valence-electron chi connectivity index (χ4n) is 2.70. The summed E-state index contributed by atoms with van der Waals surface area (Å²) in [5, 5.41) is 0. The van der Waals surface area contributed by atoms with Gasteiger partial charge in [-0.1, -0.05) is 0 Å². The molecule has 1 saturated heterocycles. The maximum absolute atomic E-state index is 11.7. The molecule has 1 fully saturated rings. The number of likely N-dealkylation sites (tertiary alicyclic amines) is 1. The lowest BCUT2D eigenvalue weighted by molar-refractivity contribution is -0.149. The molecule has 0 spiro atoms. The zero-order chi connectivity index (χ0) is 15.7. The van der Waals surface area contributed by atoms with Crippen molar-refractivity contribution in [3.63, 3.8) is 0 Å². The van der Waals surface area contributed by atoms with Crippen LogP contribution in [0.1, 0.15) is 46.0 Å². The first-order valence-electron chi connectivity index (χ1n) is 8.32. The Balaban J connectivity index is 2.07. The molecule has 1 heterocycles. The Morgan fingerprint density at radius 1 is 1.29 bits per heavy atom. The van der Waals surface area contributed by atoms with Crippen molar-refractivity contribution in [2.45, 2.75) is 51.5 Å². The fraction of sp³-hybridized carbons (Fsp3) is 0.938. The molecule has 2 N–H and O–H groups in total. The Hall–Kier alpha value is -0.650. The van der Waals surface area contributed by atoms with Gasteiger partial charge in [0.2, 0.25) is 0 Å². The van der Waals surface area contributed by atoms with Gasteiger partial charge < -0.3 is 20.3 Å². The number of nitrogens with two attached hydrogens (primary N) is 1. The van der Waals surface area contributed by atoms with Crippen LogP contribution in [0.4, 0.5) is 0 Å². The third kappa shape index (κ3) is 7.25. The molecule has 1 rings (SSSR count). The molecular formula is C16H33N3O2. The van der Waals surface area contributed by atoms with Gasteiger partial charge in [0.25, 0.3) is 0 Å². The summed E-state index contributed by atoms with van der Waals surface area (Å²) in [4.78, 5) is 16.6. The first kappa shape index (κ1) is 18.4. The van der Waals surface area contributed by atoms with Crippen LogP contribution in [0.25, 0.3) is 0 Å². The van der Waals surface area contributed by atoms with Gasteiger partial charge in [-0.25, -0.2) is 0 Å². The highest BCUT2D eigenvalue weighted by molar-refractivity contribution is 5.79. The lowest BCUT2D eigenvalue weighted by Gasteiger charge is -2.23. The van der Waals surface area contributed by atoms with Crippen molar-refractivity contribution in [2.75, 3.05) is 46.4 Å². The molecule has 0 aromatic heterocycles. The molecular weight excluding hydrogens is 266 g/mol. The van der Waals surface area contributed by atoms with E-state index < -0.39 is 5.54 Å². The van der Waals surface area contributed by atoms with Crippen molar-refractivity contribution in [2.24, 2.45) is 5.73 Å². The van der Waals surface area contributed by atoms with Gasteiger partial charge in [0.05, 0.1) is 6.61 Å². The van der Waals surface area contributed by atoms with Crippen LogP contribution in [-0.4, -0.2) is 67.7 Å². The Labute approximate surface area is 129 Å². The Kier molecular flexibility index (Phi) is 8.22. The molecule has 1 aliphatic rings. The van der Waals surface area contributed by atoms with E-state index in [1.165, 1.54) is 32.5 Å². The van der Waals surface area contributed by atoms with Crippen LogP contribution in [0.5, 0.6) is 0 Å². The van der Waals surface area contributed by atoms with Crippen LogP contribution in [0, 0.1) is 0 Å². The van der Waals surface area contributed by atoms with Crippen molar-refractivity contribution >= 4 is 5.97 Å². The van der Waals surface area contributed by atoms with E-state index in [0.29, 0.717) is 13.0 Å². The van der Waals surface area contributed by atoms with E-state index in [1.807, 2.05) is 6.92 Å². The van der Waals surface area contributed by atoms with Gasteiger partial charge in [0, 0.05) is 13.1 Å². The van der Waals surface area contributed by atoms with Crippen LogP contribution in [0.2, 0.25) is 0 Å². The molecule has 1 atom stereocenters. The summed E-state index contributed by atoms with van der Waals surface area (Å²) < 4.78 is 5.00. The largest absolute Gasteiger partial charge is 0.465 e. The second-order valence-electron chi connectivity index (χ2n) is 6.45. The second kappa shape index (κ2) is 9.38. The number of rotatable bonds is 10. The van der Waals surface area contributed by atoms with Gasteiger partial charge in [-0.15, -0.1) is 0 Å². The maximum atomic E-state index is 11.7. The molecule has 0 amide bonds. The minimum absolute atomic E-state index is 0.285. The molecule has 124 valence electrons. The molecule has 0 aromatic carbocycles. The molecule has 0 aliphatic carbocycles. The third-order valence-electron chi connectivity index (χ3n) is 4.22. The van der Waals surface area contributed by atoms with Crippen molar-refractivity contribution in [3.05, 3.63) is 0 Å². The molecule has 0 radical (unpaired) electrons. The number of nitrogens with zero attached hydrogens (tertiary/aromatic N) is 2. The summed E-state index contributed by atoms with van der Waals surface area (Å²) in [6.07, 6.45) is 5.42. The summed E-state index contributed by atoms with van der Waals surface area (Å²) in [6, 6.07) is 0. The molecule has 1 unspecified atom stereocenters. The predicted octanol–water partition coefficient (Wildman–Crippen LogP) is 1.46. The minimum Gasteiger partial charge on any atom is -0.465 e. The Bertz CT molecular complexity index is 302. The normalized spacial score (nSPS) is 18.9. The topological polar surface area (TPSA) is 58.8 Å². The third-order valence-corrected chi connectivity index (χ3v) is 4.22. The van der Waals surface area contributed by atoms with Gasteiger partial charge in [0.15, 0.2) is 0 Å². The predicted molar refractivity (Wildman–Crippen MR) is 86.2 cm³/mol. The van der Waals surface area contributed by atoms with E-state index in [0.717, 1.165) is 25.9 Å². The number of ether oxygens (including phenoxy) is 1. The van der Waals surface area contributed by atoms with Crippen molar-refractivity contribution in [1.82, 2.24) is 9.80 Å².